The molecule has 0 aliphatic carbocycles. The van der Waals surface area contributed by atoms with Gasteiger partial charge in [0.25, 0.3) is 0 Å². The van der Waals surface area contributed by atoms with Gasteiger partial charge in [0, 0.05) is 16.1 Å². The molecule has 2 heteroatoms. The number of rotatable bonds is 3. The number of aliphatic hydroxyl groups is 1. The first-order chi connectivity index (χ1) is 6.17. The fraction of sp³-hybridized carbons (Fsp3) is 0.364. The van der Waals surface area contributed by atoms with Gasteiger partial charge in [-0.2, -0.15) is 0 Å². The maximum atomic E-state index is 8.98. The maximum Gasteiger partial charge on any atom is 0.0499 e. The molecule has 1 aromatic carbocycles. The number of hydrogen-bond donors (Lipinski definition) is 1. The number of halogens is 1. The summed E-state index contributed by atoms with van der Waals surface area (Å²) in [5.41, 5.74) is 2.44. The summed E-state index contributed by atoms with van der Waals surface area (Å²) in [4.78, 5) is 0. The van der Waals surface area contributed by atoms with E-state index < -0.39 is 0 Å². The Morgan fingerprint density at radius 1 is 1.46 bits per heavy atom. The lowest BCUT2D eigenvalue weighted by atomic mass is 9.99. The van der Waals surface area contributed by atoms with Crippen molar-refractivity contribution in [1.82, 2.24) is 0 Å². The molecule has 1 rings (SSSR count). The monoisotopic (exact) mass is 289 g/mol. The predicted octanol–water partition coefficient (Wildman–Crippen LogP) is 2.76. The molecule has 0 aliphatic heterocycles. The van der Waals surface area contributed by atoms with E-state index in [0.717, 1.165) is 12.0 Å². The minimum absolute atomic E-state index is 0.0000148. The zero-order chi connectivity index (χ0) is 9.84. The van der Waals surface area contributed by atoms with Crippen LogP contribution in [0.3, 0.4) is 0 Å². The van der Waals surface area contributed by atoms with Gasteiger partial charge in [0.2, 0.25) is 0 Å². The van der Waals surface area contributed by atoms with E-state index >= 15 is 0 Å². The van der Waals surface area contributed by atoms with Crippen molar-refractivity contribution in [3.8, 4) is 0 Å². The molecule has 0 heterocycles. The van der Waals surface area contributed by atoms with Crippen LogP contribution < -0.4 is 0 Å². The lowest BCUT2D eigenvalue weighted by Crippen LogP contribution is -2.00. The van der Waals surface area contributed by atoms with Crippen LogP contribution in [0.1, 0.15) is 24.0 Å². The number of benzene rings is 1. The van der Waals surface area contributed by atoms with Crippen LogP contribution in [0.4, 0.5) is 0 Å². The Morgan fingerprint density at radius 2 is 2.15 bits per heavy atom. The first-order valence-electron chi connectivity index (χ1n) is 4.40. The molecule has 0 bridgehead atoms. The van der Waals surface area contributed by atoms with E-state index in [1.807, 2.05) is 0 Å². The molecule has 0 saturated carbocycles. The van der Waals surface area contributed by atoms with Gasteiger partial charge in [-0.3, -0.25) is 0 Å². The first-order valence-corrected chi connectivity index (χ1v) is 5.48. The summed E-state index contributed by atoms with van der Waals surface area (Å²) in [6, 6.07) is 6.36. The molecule has 1 nitrogen and oxygen atoms in total. The molecule has 13 heavy (non-hydrogen) atoms. The Labute approximate surface area is 93.3 Å². The normalized spacial score (nSPS) is 12.9. The molecule has 1 N–H and O–H groups in total. The minimum atomic E-state index is 0.0000148. The number of hydrogen-bond acceptors (Lipinski definition) is 1. The van der Waals surface area contributed by atoms with Gasteiger partial charge in [-0.15, -0.1) is 0 Å². The smallest absolute Gasteiger partial charge is 0.0499 e. The van der Waals surface area contributed by atoms with E-state index in [2.05, 4.69) is 54.6 Å². The molecule has 0 saturated heterocycles. The van der Waals surface area contributed by atoms with Crippen molar-refractivity contribution < 1.29 is 5.11 Å². The Hall–Kier alpha value is -0.0900. The van der Waals surface area contributed by atoms with Crippen LogP contribution in [-0.2, 0) is 6.42 Å². The van der Waals surface area contributed by atoms with E-state index in [4.69, 9.17) is 5.11 Å². The van der Waals surface area contributed by atoms with Gasteiger partial charge < -0.3 is 5.11 Å². The summed E-state index contributed by atoms with van der Waals surface area (Å²) >= 11 is 2.29. The summed E-state index contributed by atoms with van der Waals surface area (Å²) in [6.45, 7) is 6.14. The second-order valence-electron chi connectivity index (χ2n) is 3.13. The topological polar surface area (TPSA) is 20.2 Å². The highest BCUT2D eigenvalue weighted by Crippen LogP contribution is 2.19. The molecule has 0 fully saturated rings. The minimum Gasteiger partial charge on any atom is -0.396 e. The largest absolute Gasteiger partial charge is 0.396 e. The van der Waals surface area contributed by atoms with Crippen molar-refractivity contribution in [2.24, 2.45) is 0 Å². The second-order valence-corrected chi connectivity index (χ2v) is 4.37. The van der Waals surface area contributed by atoms with Gasteiger partial charge in [-0.05, 0) is 59.2 Å². The average molecular weight is 289 g/mol. The van der Waals surface area contributed by atoms with Crippen LogP contribution in [0, 0.1) is 10.5 Å². The molecule has 1 unspecified atom stereocenters. The van der Waals surface area contributed by atoms with Crippen LogP contribution in [0.15, 0.2) is 18.2 Å². The summed E-state index contributed by atoms with van der Waals surface area (Å²) < 4.78 is 1.22. The van der Waals surface area contributed by atoms with E-state index in [-0.39, 0.29) is 12.5 Å². The van der Waals surface area contributed by atoms with Crippen molar-refractivity contribution in [2.45, 2.75) is 19.3 Å². The van der Waals surface area contributed by atoms with Crippen molar-refractivity contribution >= 4 is 22.6 Å². The van der Waals surface area contributed by atoms with Gasteiger partial charge in [0.15, 0.2) is 0 Å². The average Bonchev–Trinajstić information content (AvgIpc) is 2.15. The Morgan fingerprint density at radius 3 is 2.69 bits per heavy atom. The van der Waals surface area contributed by atoms with Crippen LogP contribution in [0.5, 0.6) is 0 Å². The zero-order valence-electron chi connectivity index (χ0n) is 7.76. The SMILES string of the molecule is [CH2]C(CO)c1cc(I)cc(CC)c1. The van der Waals surface area contributed by atoms with Gasteiger partial charge in [-0.1, -0.05) is 13.0 Å². The van der Waals surface area contributed by atoms with Crippen LogP contribution in [0.2, 0.25) is 0 Å². The Bertz CT molecular complexity index is 283. The highest BCUT2D eigenvalue weighted by atomic mass is 127. The van der Waals surface area contributed by atoms with Gasteiger partial charge in [0.1, 0.15) is 0 Å². The maximum absolute atomic E-state index is 8.98. The highest BCUT2D eigenvalue weighted by molar-refractivity contribution is 14.1. The van der Waals surface area contributed by atoms with Gasteiger partial charge in [0.05, 0.1) is 0 Å². The third kappa shape index (κ3) is 2.95. The number of aliphatic hydroxyl groups excluding tert-OH is 1. The summed E-state index contributed by atoms with van der Waals surface area (Å²) in [7, 11) is 0. The molecule has 0 aliphatic rings. The zero-order valence-corrected chi connectivity index (χ0v) is 9.91. The second kappa shape index (κ2) is 4.96. The molecule has 1 aromatic rings. The number of aryl methyl sites for hydroxylation is 1. The Balaban J connectivity index is 3.01. The Kier molecular flexibility index (Phi) is 4.19. The third-order valence-electron chi connectivity index (χ3n) is 2.08. The van der Waals surface area contributed by atoms with Crippen molar-refractivity contribution in [3.63, 3.8) is 0 Å². The highest BCUT2D eigenvalue weighted by Gasteiger charge is 2.05. The third-order valence-corrected chi connectivity index (χ3v) is 2.70. The summed E-state index contributed by atoms with van der Waals surface area (Å²) in [5, 5.41) is 8.98. The van der Waals surface area contributed by atoms with Gasteiger partial charge >= 0.3 is 0 Å². The van der Waals surface area contributed by atoms with Crippen molar-refractivity contribution in [2.75, 3.05) is 6.61 Å². The van der Waals surface area contributed by atoms with Crippen molar-refractivity contribution in [3.05, 3.63) is 39.8 Å². The van der Waals surface area contributed by atoms with E-state index in [1.54, 1.807) is 0 Å². The molecule has 0 aromatic heterocycles. The van der Waals surface area contributed by atoms with Gasteiger partial charge in [-0.25, -0.2) is 0 Å². The molecular weight excluding hydrogens is 275 g/mol. The lowest BCUT2D eigenvalue weighted by molar-refractivity contribution is 0.282. The molecule has 71 valence electrons. The standard InChI is InChI=1S/C11H14IO/c1-3-9-4-10(8(2)7-13)6-11(12)5-9/h4-6,8,13H,2-3,7H2,1H3. The lowest BCUT2D eigenvalue weighted by Gasteiger charge is -2.10. The van der Waals surface area contributed by atoms with Crippen LogP contribution in [-0.4, -0.2) is 11.7 Å². The summed E-state index contributed by atoms with van der Waals surface area (Å²) in [6.07, 6.45) is 1.03. The fourth-order valence-corrected chi connectivity index (χ4v) is 1.98. The molecular formula is C11H14IO. The molecule has 1 radical (unpaired) electrons. The van der Waals surface area contributed by atoms with Crippen LogP contribution in [0.25, 0.3) is 0 Å². The molecule has 0 amide bonds. The first kappa shape index (κ1) is 11.0. The fourth-order valence-electron chi connectivity index (χ4n) is 1.22. The van der Waals surface area contributed by atoms with Crippen LogP contribution >= 0.6 is 22.6 Å². The summed E-state index contributed by atoms with van der Waals surface area (Å²) in [5.74, 6) is 0.0000148. The van der Waals surface area contributed by atoms with Crippen molar-refractivity contribution in [1.29, 1.82) is 0 Å². The molecule has 1 atom stereocenters. The van der Waals surface area contributed by atoms with E-state index in [0.29, 0.717) is 0 Å². The quantitative estimate of drug-likeness (QED) is 0.848. The molecule has 0 spiro atoms. The predicted molar refractivity (Wildman–Crippen MR) is 63.7 cm³/mol. The van der Waals surface area contributed by atoms with E-state index in [9.17, 15) is 0 Å². The van der Waals surface area contributed by atoms with E-state index in [1.165, 1.54) is 9.13 Å².